The molecule has 338 valence electrons. The van der Waals surface area contributed by atoms with E-state index in [4.69, 9.17) is 24.0 Å². The molecule has 0 aromatic carbocycles. The molecule has 1 aliphatic heterocycles. The Morgan fingerprint density at radius 1 is 0.621 bits per heavy atom. The molecule has 0 aliphatic carbocycles. The molecule has 1 heterocycles. The van der Waals surface area contributed by atoms with Crippen molar-refractivity contribution in [2.45, 2.75) is 238 Å². The van der Waals surface area contributed by atoms with Crippen LogP contribution in [0.3, 0.4) is 0 Å². The number of rotatable bonds is 42. The van der Waals surface area contributed by atoms with E-state index >= 15 is 0 Å². The predicted molar refractivity (Wildman–Crippen MR) is 239 cm³/mol. The maximum Gasteiger partial charge on any atom is 0.469 e. The van der Waals surface area contributed by atoms with Gasteiger partial charge in [0.1, 0.15) is 6.61 Å². The van der Waals surface area contributed by atoms with Crippen LogP contribution in [0.25, 0.3) is 0 Å². The fourth-order valence-corrected chi connectivity index (χ4v) is 7.44. The van der Waals surface area contributed by atoms with E-state index in [0.717, 1.165) is 50.9 Å². The second-order valence-electron chi connectivity index (χ2n) is 16.7. The summed E-state index contributed by atoms with van der Waals surface area (Å²) < 4.78 is 32.2. The summed E-state index contributed by atoms with van der Waals surface area (Å²) in [4.78, 5) is 43.1. The summed E-state index contributed by atoms with van der Waals surface area (Å²) in [5.41, 5.74) is 0. The molecule has 0 radical (unpaired) electrons. The summed E-state index contributed by atoms with van der Waals surface area (Å²) in [5.74, 6) is -0.0566. The molecule has 4 atom stereocenters. The maximum absolute atomic E-state index is 12.5. The highest BCUT2D eigenvalue weighted by Gasteiger charge is 2.36. The summed E-state index contributed by atoms with van der Waals surface area (Å²) in [6, 6.07) is 0. The number of ether oxygens (including phenoxy) is 3. The lowest BCUT2D eigenvalue weighted by atomic mass is 9.99. The number of carbonyl (C=O) groups is 2. The normalized spacial score (nSPS) is 16.8. The molecule has 0 aromatic heterocycles. The van der Waals surface area contributed by atoms with Gasteiger partial charge in [-0.25, -0.2) is 4.57 Å². The first kappa shape index (κ1) is 54.2. The first-order valence-corrected chi connectivity index (χ1v) is 25.3. The SMILES string of the molecule is CCCCC/C=C\C/C=C\C/C=C\CC1OC1CCCC(=O)OC[C@H](COP(=O)(O)O)OC(=O)CCCCCCCCCCCCCCCCCCCCC(C)CC. The Kier molecular flexibility index (Phi) is 35.7. The number of carbonyl (C=O) groups excluding carboxylic acids is 2. The molecule has 2 N–H and O–H groups in total. The minimum Gasteiger partial charge on any atom is -0.462 e. The molecule has 0 aromatic rings. The first-order chi connectivity index (χ1) is 28.1. The fourth-order valence-electron chi connectivity index (χ4n) is 7.08. The van der Waals surface area contributed by atoms with Crippen molar-refractivity contribution < 1.29 is 42.7 Å². The number of phosphoric ester groups is 1. The van der Waals surface area contributed by atoms with Gasteiger partial charge in [0.15, 0.2) is 6.10 Å². The number of hydrogen-bond acceptors (Lipinski definition) is 7. The molecule has 0 amide bonds. The number of epoxide rings is 1. The zero-order chi connectivity index (χ0) is 42.4. The van der Waals surface area contributed by atoms with Crippen molar-refractivity contribution in [3.8, 4) is 0 Å². The van der Waals surface area contributed by atoms with Gasteiger partial charge in [0.2, 0.25) is 0 Å². The van der Waals surface area contributed by atoms with E-state index in [0.29, 0.717) is 12.8 Å². The minimum atomic E-state index is -4.78. The van der Waals surface area contributed by atoms with Crippen LogP contribution in [0.5, 0.6) is 0 Å². The Hall–Kier alpha value is -1.77. The summed E-state index contributed by atoms with van der Waals surface area (Å²) in [7, 11) is -4.78. The summed E-state index contributed by atoms with van der Waals surface area (Å²) in [5, 5.41) is 0. The van der Waals surface area contributed by atoms with Gasteiger partial charge in [0.05, 0.1) is 18.8 Å². The molecule has 3 unspecified atom stereocenters. The molecule has 10 heteroatoms. The van der Waals surface area contributed by atoms with Gasteiger partial charge < -0.3 is 24.0 Å². The Bertz CT molecular complexity index is 1120. The van der Waals surface area contributed by atoms with Crippen LogP contribution < -0.4 is 0 Å². The standard InChI is InChI=1S/C48H87O9P/c1-4-6-7-8-9-10-11-21-24-27-30-33-37-45-46(57-45)38-35-40-47(49)54-41-44(42-55-58(51,52)53)56-48(50)39-34-31-28-25-22-19-17-15-13-12-14-16-18-20-23-26-29-32-36-43(3)5-2/h9-10,21,24,30,33,43-46H,4-8,11-20,22-23,25-29,31-32,34-42H2,1-3H3,(H2,51,52,53)/b10-9-,24-21-,33-30-/t43?,44-,45?,46?/m1/s1. The van der Waals surface area contributed by atoms with Crippen molar-refractivity contribution in [2.75, 3.05) is 13.2 Å². The summed E-state index contributed by atoms with van der Waals surface area (Å²) >= 11 is 0. The first-order valence-electron chi connectivity index (χ1n) is 23.8. The van der Waals surface area contributed by atoms with Crippen LogP contribution in [0.2, 0.25) is 0 Å². The molecular weight excluding hydrogens is 751 g/mol. The van der Waals surface area contributed by atoms with Crippen molar-refractivity contribution in [2.24, 2.45) is 5.92 Å². The smallest absolute Gasteiger partial charge is 0.462 e. The van der Waals surface area contributed by atoms with E-state index < -0.39 is 32.5 Å². The molecule has 58 heavy (non-hydrogen) atoms. The number of hydrogen-bond donors (Lipinski definition) is 2. The molecule has 1 rings (SSSR count). The Balaban J connectivity index is 2.05. The topological polar surface area (TPSA) is 132 Å². The molecule has 1 aliphatic rings. The van der Waals surface area contributed by atoms with Crippen LogP contribution >= 0.6 is 7.82 Å². The largest absolute Gasteiger partial charge is 0.469 e. The van der Waals surface area contributed by atoms with Crippen molar-refractivity contribution in [1.82, 2.24) is 0 Å². The Morgan fingerprint density at radius 3 is 1.69 bits per heavy atom. The van der Waals surface area contributed by atoms with Gasteiger partial charge in [0.25, 0.3) is 0 Å². The highest BCUT2D eigenvalue weighted by Crippen LogP contribution is 2.36. The van der Waals surface area contributed by atoms with E-state index in [1.165, 1.54) is 128 Å². The van der Waals surface area contributed by atoms with Crippen LogP contribution in [-0.4, -0.2) is 53.3 Å². The second kappa shape index (κ2) is 38.2. The van der Waals surface area contributed by atoms with Crippen molar-refractivity contribution in [3.63, 3.8) is 0 Å². The third-order valence-corrected chi connectivity index (χ3v) is 11.6. The highest BCUT2D eigenvalue weighted by molar-refractivity contribution is 7.46. The van der Waals surface area contributed by atoms with Gasteiger partial charge in [-0.15, -0.1) is 0 Å². The summed E-state index contributed by atoms with van der Waals surface area (Å²) in [6.45, 7) is 6.01. The van der Waals surface area contributed by atoms with Gasteiger partial charge in [-0.2, -0.15) is 0 Å². The molecular formula is C48H87O9P. The van der Waals surface area contributed by atoms with Crippen LogP contribution in [0, 0.1) is 5.92 Å². The average molecular weight is 839 g/mol. The molecule has 0 bridgehead atoms. The molecule has 1 saturated heterocycles. The Labute approximate surface area is 355 Å². The zero-order valence-corrected chi connectivity index (χ0v) is 38.2. The van der Waals surface area contributed by atoms with Crippen molar-refractivity contribution >= 4 is 19.8 Å². The number of phosphoric acid groups is 1. The third kappa shape index (κ3) is 37.2. The third-order valence-electron chi connectivity index (χ3n) is 11.1. The van der Waals surface area contributed by atoms with Crippen molar-refractivity contribution in [1.29, 1.82) is 0 Å². The van der Waals surface area contributed by atoms with Crippen molar-refractivity contribution in [3.05, 3.63) is 36.5 Å². The lowest BCUT2D eigenvalue weighted by molar-refractivity contribution is -0.161. The van der Waals surface area contributed by atoms with Gasteiger partial charge in [-0.3, -0.25) is 14.1 Å². The predicted octanol–water partition coefficient (Wildman–Crippen LogP) is 13.8. The quantitative estimate of drug-likeness (QED) is 0.0203. The Morgan fingerprint density at radius 2 is 1.14 bits per heavy atom. The minimum absolute atomic E-state index is 0.138. The van der Waals surface area contributed by atoms with Crippen LogP contribution in [0.15, 0.2) is 36.5 Å². The maximum atomic E-state index is 12.5. The number of allylic oxidation sites excluding steroid dienone is 5. The van der Waals surface area contributed by atoms with Gasteiger partial charge in [-0.1, -0.05) is 192 Å². The van der Waals surface area contributed by atoms with Crippen LogP contribution in [0.4, 0.5) is 0 Å². The van der Waals surface area contributed by atoms with E-state index in [-0.39, 0.29) is 31.7 Å². The number of unbranched alkanes of at least 4 members (excludes halogenated alkanes) is 20. The fraction of sp³-hybridized carbons (Fsp3) is 0.833. The number of esters is 2. The lowest BCUT2D eigenvalue weighted by Crippen LogP contribution is -2.29. The van der Waals surface area contributed by atoms with E-state index in [2.05, 4.69) is 61.8 Å². The lowest BCUT2D eigenvalue weighted by Gasteiger charge is -2.18. The zero-order valence-electron chi connectivity index (χ0n) is 37.3. The highest BCUT2D eigenvalue weighted by atomic mass is 31.2. The molecule has 1 fully saturated rings. The summed E-state index contributed by atoms with van der Waals surface area (Å²) in [6.07, 6.45) is 47.4. The van der Waals surface area contributed by atoms with Gasteiger partial charge in [0, 0.05) is 12.8 Å². The van der Waals surface area contributed by atoms with Crippen LogP contribution in [0.1, 0.15) is 220 Å². The van der Waals surface area contributed by atoms with Gasteiger partial charge in [-0.05, 0) is 57.3 Å². The van der Waals surface area contributed by atoms with Crippen LogP contribution in [-0.2, 0) is 32.9 Å². The second-order valence-corrected chi connectivity index (χ2v) is 18.0. The van der Waals surface area contributed by atoms with E-state index in [9.17, 15) is 14.2 Å². The van der Waals surface area contributed by atoms with Gasteiger partial charge >= 0.3 is 19.8 Å². The van der Waals surface area contributed by atoms with E-state index in [1.54, 1.807) is 0 Å². The monoisotopic (exact) mass is 839 g/mol. The average Bonchev–Trinajstić information content (AvgIpc) is 3.95. The molecule has 0 spiro atoms. The van der Waals surface area contributed by atoms with E-state index in [1.807, 2.05) is 0 Å². The molecule has 9 nitrogen and oxygen atoms in total. The molecule has 0 saturated carbocycles.